The van der Waals surface area contributed by atoms with E-state index < -0.39 is 14.6 Å². The summed E-state index contributed by atoms with van der Waals surface area (Å²) in [5, 5.41) is 9.26. The summed E-state index contributed by atoms with van der Waals surface area (Å²) in [6.07, 6.45) is -0.633. The number of hydrogen-bond acceptors (Lipinski definition) is 3. The summed E-state index contributed by atoms with van der Waals surface area (Å²) >= 11 is 0. The van der Waals surface area contributed by atoms with E-state index in [1.165, 1.54) is 0 Å². The molecule has 0 bridgehead atoms. The molecular formula is C6H15NO2Si. The summed E-state index contributed by atoms with van der Waals surface area (Å²) in [6, 6.07) is 0. The van der Waals surface area contributed by atoms with Crippen molar-refractivity contribution in [2.24, 2.45) is 0 Å². The molecule has 0 radical (unpaired) electrons. The Morgan fingerprint density at radius 1 is 1.50 bits per heavy atom. The normalized spacial score (nSPS) is 29.4. The van der Waals surface area contributed by atoms with E-state index in [1.807, 2.05) is 0 Å². The van der Waals surface area contributed by atoms with E-state index in [4.69, 9.17) is 4.74 Å². The Morgan fingerprint density at radius 2 is 2.10 bits per heavy atom. The van der Waals surface area contributed by atoms with Crippen molar-refractivity contribution in [3.05, 3.63) is 0 Å². The van der Waals surface area contributed by atoms with E-state index in [-0.39, 0.29) is 0 Å². The maximum atomic E-state index is 9.26. The Bertz CT molecular complexity index is 123. The molecule has 0 saturated carbocycles. The smallest absolute Gasteiger partial charge is 0.209 e. The average molecular weight is 161 g/mol. The highest BCUT2D eigenvalue weighted by Gasteiger charge is 2.33. The maximum Gasteiger partial charge on any atom is 0.209 e. The summed E-state index contributed by atoms with van der Waals surface area (Å²) in [4.78, 5) is 0. The second-order valence-corrected chi connectivity index (χ2v) is 8.48. The van der Waals surface area contributed by atoms with Crippen LogP contribution in [-0.2, 0) is 4.74 Å². The van der Waals surface area contributed by atoms with Crippen LogP contribution < -0.4 is 0 Å². The predicted octanol–water partition coefficient (Wildman–Crippen LogP) is 0.429. The van der Waals surface area contributed by atoms with Crippen LogP contribution in [0.3, 0.4) is 0 Å². The number of nitrogens with zero attached hydrogens (tertiary/aromatic N) is 1. The predicted molar refractivity (Wildman–Crippen MR) is 42.0 cm³/mol. The molecule has 10 heavy (non-hydrogen) atoms. The van der Waals surface area contributed by atoms with Gasteiger partial charge in [0.2, 0.25) is 6.41 Å². The zero-order valence-corrected chi connectivity index (χ0v) is 7.79. The molecule has 1 saturated heterocycles. The molecule has 1 unspecified atom stereocenters. The van der Waals surface area contributed by atoms with E-state index in [2.05, 4.69) is 24.2 Å². The van der Waals surface area contributed by atoms with Gasteiger partial charge < -0.3 is 9.84 Å². The molecular weight excluding hydrogens is 146 g/mol. The Labute approximate surface area is 62.7 Å². The molecule has 4 heteroatoms. The van der Waals surface area contributed by atoms with Crippen LogP contribution >= 0.6 is 0 Å². The first-order chi connectivity index (χ1) is 4.52. The third-order valence-corrected chi connectivity index (χ3v) is 3.90. The molecule has 60 valence electrons. The third kappa shape index (κ3) is 1.57. The largest absolute Gasteiger partial charge is 0.356 e. The van der Waals surface area contributed by atoms with Gasteiger partial charge >= 0.3 is 0 Å². The van der Waals surface area contributed by atoms with Gasteiger partial charge in [-0.05, 0) is 0 Å². The third-order valence-electron chi connectivity index (χ3n) is 1.73. The minimum Gasteiger partial charge on any atom is -0.356 e. The molecule has 3 nitrogen and oxygen atoms in total. The molecule has 1 N–H and O–H groups in total. The number of aliphatic hydroxyl groups is 1. The molecule has 0 aliphatic carbocycles. The first kappa shape index (κ1) is 8.20. The van der Waals surface area contributed by atoms with Crippen molar-refractivity contribution >= 4 is 8.24 Å². The van der Waals surface area contributed by atoms with Crippen LogP contribution in [0.5, 0.6) is 0 Å². The van der Waals surface area contributed by atoms with Crippen molar-refractivity contribution in [2.75, 3.05) is 13.2 Å². The molecule has 0 aromatic heterocycles. The monoisotopic (exact) mass is 161 g/mol. The van der Waals surface area contributed by atoms with Crippen LogP contribution in [0.2, 0.25) is 19.6 Å². The first-order valence-corrected chi connectivity index (χ1v) is 7.03. The zero-order chi connectivity index (χ0) is 7.78. The van der Waals surface area contributed by atoms with Crippen LogP contribution in [0.4, 0.5) is 0 Å². The van der Waals surface area contributed by atoms with Crippen LogP contribution in [0, 0.1) is 0 Å². The van der Waals surface area contributed by atoms with Crippen molar-refractivity contribution in [3.63, 3.8) is 0 Å². The molecule has 1 rings (SSSR count). The van der Waals surface area contributed by atoms with E-state index in [0.29, 0.717) is 6.61 Å². The van der Waals surface area contributed by atoms with Gasteiger partial charge in [-0.3, -0.25) is 4.57 Å². The van der Waals surface area contributed by atoms with Crippen molar-refractivity contribution in [3.8, 4) is 0 Å². The molecule has 0 amide bonds. The van der Waals surface area contributed by atoms with Gasteiger partial charge in [-0.15, -0.1) is 0 Å². The second-order valence-electron chi connectivity index (χ2n) is 3.56. The maximum absolute atomic E-state index is 9.26. The quantitative estimate of drug-likeness (QED) is 0.566. The summed E-state index contributed by atoms with van der Waals surface area (Å²) in [7, 11) is -1.33. The van der Waals surface area contributed by atoms with E-state index in [1.54, 1.807) is 0 Å². The molecule has 0 aromatic rings. The second kappa shape index (κ2) is 2.62. The van der Waals surface area contributed by atoms with Crippen molar-refractivity contribution < 1.29 is 9.84 Å². The Kier molecular flexibility index (Phi) is 2.14. The van der Waals surface area contributed by atoms with Gasteiger partial charge in [0.25, 0.3) is 0 Å². The lowest BCUT2D eigenvalue weighted by molar-refractivity contribution is -0.109. The molecule has 0 spiro atoms. The first-order valence-electron chi connectivity index (χ1n) is 3.58. The summed E-state index contributed by atoms with van der Waals surface area (Å²) < 4.78 is 7.07. The van der Waals surface area contributed by atoms with Gasteiger partial charge in [0.1, 0.15) is 8.24 Å². The van der Waals surface area contributed by atoms with E-state index in [0.717, 1.165) is 6.54 Å². The summed E-state index contributed by atoms with van der Waals surface area (Å²) in [5.74, 6) is 0. The number of hydrogen-bond donors (Lipinski definition) is 1. The molecule has 1 atom stereocenters. The minimum atomic E-state index is -1.33. The topological polar surface area (TPSA) is 32.7 Å². The SMILES string of the molecule is C[Si](C)(C)N1CCOC1O. The highest BCUT2D eigenvalue weighted by molar-refractivity contribution is 6.73. The highest BCUT2D eigenvalue weighted by Crippen LogP contribution is 2.16. The molecule has 1 aliphatic rings. The lowest BCUT2D eigenvalue weighted by atomic mass is 10.7. The summed E-state index contributed by atoms with van der Waals surface area (Å²) in [6.45, 7) is 8.16. The van der Waals surface area contributed by atoms with Crippen LogP contribution in [0.1, 0.15) is 0 Å². The van der Waals surface area contributed by atoms with Gasteiger partial charge in [0, 0.05) is 6.54 Å². The highest BCUT2D eigenvalue weighted by atomic mass is 28.3. The van der Waals surface area contributed by atoms with Gasteiger partial charge in [-0.1, -0.05) is 19.6 Å². The van der Waals surface area contributed by atoms with Gasteiger partial charge in [0.05, 0.1) is 6.61 Å². The van der Waals surface area contributed by atoms with Crippen LogP contribution in [0.25, 0.3) is 0 Å². The molecule has 1 aliphatic heterocycles. The standard InChI is InChI=1S/C6H15NO2Si/c1-10(2,3)7-4-5-9-6(7)8/h6,8H,4-5H2,1-3H3. The Morgan fingerprint density at radius 3 is 2.30 bits per heavy atom. The van der Waals surface area contributed by atoms with Crippen molar-refractivity contribution in [1.29, 1.82) is 0 Å². The minimum absolute atomic E-state index is 0.633. The average Bonchev–Trinajstić information content (AvgIpc) is 2.11. The number of ether oxygens (including phenoxy) is 1. The van der Waals surface area contributed by atoms with Crippen LogP contribution in [0.15, 0.2) is 0 Å². The number of rotatable bonds is 1. The van der Waals surface area contributed by atoms with Gasteiger partial charge in [0.15, 0.2) is 0 Å². The Hall–Kier alpha value is 0.0969. The summed E-state index contributed by atoms with van der Waals surface area (Å²) in [5.41, 5.74) is 0. The number of aliphatic hydroxyl groups excluding tert-OH is 1. The molecule has 0 aromatic carbocycles. The van der Waals surface area contributed by atoms with Crippen molar-refractivity contribution in [2.45, 2.75) is 26.1 Å². The van der Waals surface area contributed by atoms with E-state index >= 15 is 0 Å². The Balaban J connectivity index is 2.55. The zero-order valence-electron chi connectivity index (χ0n) is 6.79. The van der Waals surface area contributed by atoms with Gasteiger partial charge in [-0.2, -0.15) is 0 Å². The van der Waals surface area contributed by atoms with Crippen molar-refractivity contribution in [1.82, 2.24) is 4.57 Å². The fourth-order valence-corrected chi connectivity index (χ4v) is 2.62. The lowest BCUT2D eigenvalue weighted by Crippen LogP contribution is -2.48. The molecule has 1 heterocycles. The molecule has 1 fully saturated rings. The van der Waals surface area contributed by atoms with E-state index in [9.17, 15) is 5.11 Å². The fourth-order valence-electron chi connectivity index (χ4n) is 1.12. The van der Waals surface area contributed by atoms with Crippen LogP contribution in [-0.4, -0.2) is 37.5 Å². The van der Waals surface area contributed by atoms with Gasteiger partial charge in [-0.25, -0.2) is 0 Å². The lowest BCUT2D eigenvalue weighted by Gasteiger charge is -2.30. The fraction of sp³-hybridized carbons (Fsp3) is 1.00.